The molecule has 0 spiro atoms. The van der Waals surface area contributed by atoms with Crippen LogP contribution in [-0.4, -0.2) is 9.55 Å². The molecule has 25 heavy (non-hydrogen) atoms. The van der Waals surface area contributed by atoms with Crippen molar-refractivity contribution in [1.29, 1.82) is 0 Å². The zero-order valence-corrected chi connectivity index (χ0v) is 14.4. The number of aromatic nitrogens is 2. The van der Waals surface area contributed by atoms with Gasteiger partial charge in [0.15, 0.2) is 0 Å². The van der Waals surface area contributed by atoms with Gasteiger partial charge in [-0.25, -0.2) is 9.37 Å². The average Bonchev–Trinajstić information content (AvgIpc) is 2.95. The molecule has 0 fully saturated rings. The topological polar surface area (TPSA) is 34.9 Å². The highest BCUT2D eigenvalue weighted by Crippen LogP contribution is 2.35. The SMILES string of the molecule is Cc1sc2ncn(Cc3cccc(F)c3)c(=O)c2c1-c1ccccc1. The molecule has 0 atom stereocenters. The van der Waals surface area contributed by atoms with Gasteiger partial charge in [-0.15, -0.1) is 11.3 Å². The number of fused-ring (bicyclic) bond motifs is 1. The third-order valence-electron chi connectivity index (χ3n) is 4.16. The van der Waals surface area contributed by atoms with Crippen molar-refractivity contribution in [2.24, 2.45) is 0 Å². The molecule has 0 saturated heterocycles. The molecule has 0 aliphatic rings. The van der Waals surface area contributed by atoms with Crippen molar-refractivity contribution in [2.45, 2.75) is 13.5 Å². The Bertz CT molecular complexity index is 1120. The van der Waals surface area contributed by atoms with Crippen molar-refractivity contribution in [2.75, 3.05) is 0 Å². The maximum absolute atomic E-state index is 13.4. The van der Waals surface area contributed by atoms with Crippen molar-refractivity contribution in [3.05, 3.63) is 87.5 Å². The highest BCUT2D eigenvalue weighted by molar-refractivity contribution is 7.19. The normalized spacial score (nSPS) is 11.1. The van der Waals surface area contributed by atoms with Crippen LogP contribution >= 0.6 is 11.3 Å². The second-order valence-corrected chi connectivity index (χ2v) is 7.09. The molecule has 2 heterocycles. The van der Waals surface area contributed by atoms with Gasteiger partial charge in [-0.05, 0) is 30.2 Å². The molecule has 0 saturated carbocycles. The highest BCUT2D eigenvalue weighted by atomic mass is 32.1. The van der Waals surface area contributed by atoms with Gasteiger partial charge in [0, 0.05) is 10.4 Å². The molecule has 4 aromatic rings. The van der Waals surface area contributed by atoms with E-state index >= 15 is 0 Å². The Morgan fingerprint density at radius 2 is 1.92 bits per heavy atom. The predicted molar refractivity (Wildman–Crippen MR) is 99.6 cm³/mol. The minimum absolute atomic E-state index is 0.0996. The summed E-state index contributed by atoms with van der Waals surface area (Å²) in [6, 6.07) is 16.1. The largest absolute Gasteiger partial charge is 0.294 e. The molecular weight excluding hydrogens is 335 g/mol. The van der Waals surface area contributed by atoms with E-state index in [-0.39, 0.29) is 11.4 Å². The molecule has 0 aliphatic carbocycles. The molecule has 0 amide bonds. The van der Waals surface area contributed by atoms with Gasteiger partial charge in [0.1, 0.15) is 10.6 Å². The lowest BCUT2D eigenvalue weighted by molar-refractivity contribution is 0.622. The summed E-state index contributed by atoms with van der Waals surface area (Å²) in [4.78, 5) is 19.3. The maximum Gasteiger partial charge on any atom is 0.263 e. The smallest absolute Gasteiger partial charge is 0.263 e. The van der Waals surface area contributed by atoms with E-state index in [1.807, 2.05) is 37.3 Å². The summed E-state index contributed by atoms with van der Waals surface area (Å²) < 4.78 is 14.9. The van der Waals surface area contributed by atoms with Crippen LogP contribution in [0.15, 0.2) is 65.7 Å². The first kappa shape index (κ1) is 15.7. The number of halogens is 1. The second-order valence-electron chi connectivity index (χ2n) is 5.89. The molecule has 0 N–H and O–H groups in total. The number of aryl methyl sites for hydroxylation is 1. The second kappa shape index (κ2) is 6.26. The molecule has 4 rings (SSSR count). The minimum Gasteiger partial charge on any atom is -0.294 e. The Morgan fingerprint density at radius 3 is 2.68 bits per heavy atom. The van der Waals surface area contributed by atoms with Crippen LogP contribution < -0.4 is 5.56 Å². The van der Waals surface area contributed by atoms with Gasteiger partial charge in [-0.3, -0.25) is 9.36 Å². The van der Waals surface area contributed by atoms with Crippen molar-refractivity contribution >= 4 is 21.6 Å². The van der Waals surface area contributed by atoms with Crippen LogP contribution in [0.3, 0.4) is 0 Å². The van der Waals surface area contributed by atoms with Crippen LogP contribution in [0.25, 0.3) is 21.3 Å². The summed E-state index contributed by atoms with van der Waals surface area (Å²) >= 11 is 1.52. The van der Waals surface area contributed by atoms with Crippen LogP contribution in [0.2, 0.25) is 0 Å². The first-order valence-corrected chi connectivity index (χ1v) is 8.73. The first-order valence-electron chi connectivity index (χ1n) is 7.92. The number of nitrogens with zero attached hydrogens (tertiary/aromatic N) is 2. The Hall–Kier alpha value is -2.79. The predicted octanol–water partition coefficient (Wildman–Crippen LogP) is 4.62. The first-order chi connectivity index (χ1) is 12.1. The van der Waals surface area contributed by atoms with E-state index in [0.717, 1.165) is 26.4 Å². The summed E-state index contributed by atoms with van der Waals surface area (Å²) in [6.45, 7) is 2.30. The Labute approximate surface area is 148 Å². The van der Waals surface area contributed by atoms with Gasteiger partial charge in [0.2, 0.25) is 0 Å². The van der Waals surface area contributed by atoms with E-state index in [1.54, 1.807) is 18.5 Å². The van der Waals surface area contributed by atoms with Crippen LogP contribution in [0.5, 0.6) is 0 Å². The van der Waals surface area contributed by atoms with Gasteiger partial charge in [-0.2, -0.15) is 0 Å². The van der Waals surface area contributed by atoms with Crippen molar-refractivity contribution in [1.82, 2.24) is 9.55 Å². The van der Waals surface area contributed by atoms with Crippen LogP contribution in [0.1, 0.15) is 10.4 Å². The average molecular weight is 350 g/mol. The molecule has 0 aliphatic heterocycles. The summed E-state index contributed by atoms with van der Waals surface area (Å²) in [5.74, 6) is -0.309. The molecule has 0 radical (unpaired) electrons. The van der Waals surface area contributed by atoms with Gasteiger partial charge < -0.3 is 0 Å². The van der Waals surface area contributed by atoms with Gasteiger partial charge in [-0.1, -0.05) is 42.5 Å². The van der Waals surface area contributed by atoms with Crippen molar-refractivity contribution in [3.8, 4) is 11.1 Å². The summed E-state index contributed by atoms with van der Waals surface area (Å²) in [5, 5.41) is 0.632. The number of benzene rings is 2. The Kier molecular flexibility index (Phi) is 3.93. The fourth-order valence-electron chi connectivity index (χ4n) is 3.03. The Morgan fingerprint density at radius 1 is 1.12 bits per heavy atom. The Balaban J connectivity index is 1.89. The lowest BCUT2D eigenvalue weighted by Crippen LogP contribution is -2.21. The lowest BCUT2D eigenvalue weighted by Gasteiger charge is -2.07. The zero-order valence-electron chi connectivity index (χ0n) is 13.6. The van der Waals surface area contributed by atoms with E-state index in [2.05, 4.69) is 4.98 Å². The number of hydrogen-bond acceptors (Lipinski definition) is 3. The van der Waals surface area contributed by atoms with E-state index in [0.29, 0.717) is 11.9 Å². The summed E-state index contributed by atoms with van der Waals surface area (Å²) in [6.07, 6.45) is 1.54. The molecule has 0 unspecified atom stereocenters. The monoisotopic (exact) mass is 350 g/mol. The third-order valence-corrected chi connectivity index (χ3v) is 5.17. The summed E-state index contributed by atoms with van der Waals surface area (Å²) in [7, 11) is 0. The third kappa shape index (κ3) is 2.87. The number of thiophene rings is 1. The molecule has 0 bridgehead atoms. The molecule has 3 nitrogen and oxygen atoms in total. The highest BCUT2D eigenvalue weighted by Gasteiger charge is 2.16. The van der Waals surface area contributed by atoms with Crippen LogP contribution in [-0.2, 0) is 6.54 Å². The molecule has 2 aromatic heterocycles. The van der Waals surface area contributed by atoms with E-state index in [1.165, 1.54) is 28.0 Å². The standard InChI is InChI=1S/C20H15FN2OS/c1-13-17(15-7-3-2-4-8-15)18-19(25-13)22-12-23(20(18)24)11-14-6-5-9-16(21)10-14/h2-10,12H,11H2,1H3. The summed E-state index contributed by atoms with van der Waals surface area (Å²) in [5.41, 5.74) is 2.58. The van der Waals surface area contributed by atoms with Crippen molar-refractivity contribution in [3.63, 3.8) is 0 Å². The van der Waals surface area contributed by atoms with Crippen molar-refractivity contribution < 1.29 is 4.39 Å². The van der Waals surface area contributed by atoms with Gasteiger partial charge >= 0.3 is 0 Å². The van der Waals surface area contributed by atoms with Gasteiger partial charge in [0.25, 0.3) is 5.56 Å². The van der Waals surface area contributed by atoms with E-state index in [4.69, 9.17) is 0 Å². The van der Waals surface area contributed by atoms with E-state index < -0.39 is 0 Å². The molecule has 5 heteroatoms. The number of hydrogen-bond donors (Lipinski definition) is 0. The van der Waals surface area contributed by atoms with E-state index in [9.17, 15) is 9.18 Å². The quantitative estimate of drug-likeness (QED) is 0.540. The van der Waals surface area contributed by atoms with Crippen LogP contribution in [0.4, 0.5) is 4.39 Å². The molecular formula is C20H15FN2OS. The van der Waals surface area contributed by atoms with Crippen LogP contribution in [0, 0.1) is 12.7 Å². The molecule has 2 aromatic carbocycles. The number of rotatable bonds is 3. The van der Waals surface area contributed by atoms with Gasteiger partial charge in [0.05, 0.1) is 18.3 Å². The molecule has 124 valence electrons. The fraction of sp³-hybridized carbons (Fsp3) is 0.100. The zero-order chi connectivity index (χ0) is 17.4. The minimum atomic E-state index is -0.309. The lowest BCUT2D eigenvalue weighted by atomic mass is 10.0. The fourth-order valence-corrected chi connectivity index (χ4v) is 4.04. The maximum atomic E-state index is 13.4.